The van der Waals surface area contributed by atoms with Gasteiger partial charge in [0.05, 0.1) is 25.1 Å². The Morgan fingerprint density at radius 3 is 2.52 bits per heavy atom. The molecule has 0 spiro atoms. The molecule has 0 aliphatic carbocycles. The Morgan fingerprint density at radius 2 is 1.88 bits per heavy atom. The largest absolute Gasteiger partial charge is 0.497 e. The van der Waals surface area contributed by atoms with E-state index >= 15 is 0 Å². The lowest BCUT2D eigenvalue weighted by Gasteiger charge is -2.19. The summed E-state index contributed by atoms with van der Waals surface area (Å²) >= 11 is 0. The molecule has 1 aliphatic rings. The van der Waals surface area contributed by atoms with Gasteiger partial charge in [-0.1, -0.05) is 31.2 Å². The van der Waals surface area contributed by atoms with Gasteiger partial charge in [0.25, 0.3) is 0 Å². The van der Waals surface area contributed by atoms with Crippen LogP contribution in [0.4, 0.5) is 5.69 Å². The standard InChI is InChI=1S/C19H20N4O2/c1-13-11-18(24)22-23-19(13)15-5-7-16(8-6-15)21-20-12-14-3-9-17(25-2)10-4-14/h3-10,13H,11-12H2,1-2H3,(H,22,24). The van der Waals surface area contributed by atoms with Gasteiger partial charge < -0.3 is 4.74 Å². The second kappa shape index (κ2) is 7.70. The Hall–Kier alpha value is -3.02. The molecule has 2 aromatic carbocycles. The van der Waals surface area contributed by atoms with Gasteiger partial charge in [-0.25, -0.2) is 5.43 Å². The van der Waals surface area contributed by atoms with Crippen LogP contribution in [0.25, 0.3) is 0 Å². The number of hydrazone groups is 1. The first-order valence-corrected chi connectivity index (χ1v) is 8.13. The Labute approximate surface area is 146 Å². The summed E-state index contributed by atoms with van der Waals surface area (Å²) in [5.41, 5.74) is 6.27. The Balaban J connectivity index is 1.63. The van der Waals surface area contributed by atoms with Gasteiger partial charge in [0, 0.05) is 12.3 Å². The van der Waals surface area contributed by atoms with Crippen LogP contribution in [-0.2, 0) is 11.3 Å². The Bertz CT molecular complexity index is 795. The summed E-state index contributed by atoms with van der Waals surface area (Å²) in [5, 5.41) is 12.6. The minimum Gasteiger partial charge on any atom is -0.497 e. The van der Waals surface area contributed by atoms with Crippen LogP contribution in [0.1, 0.15) is 24.5 Å². The number of rotatable bonds is 5. The fraction of sp³-hybridized carbons (Fsp3) is 0.263. The van der Waals surface area contributed by atoms with Crippen molar-refractivity contribution in [1.82, 2.24) is 5.43 Å². The number of ether oxygens (including phenoxy) is 1. The normalized spacial score (nSPS) is 17.3. The number of nitrogens with one attached hydrogen (secondary N) is 1. The molecule has 1 heterocycles. The maximum atomic E-state index is 11.3. The number of methoxy groups -OCH3 is 1. The van der Waals surface area contributed by atoms with Crippen LogP contribution < -0.4 is 10.2 Å². The number of carbonyl (C=O) groups is 1. The molecule has 0 saturated carbocycles. The molecule has 0 radical (unpaired) electrons. The predicted molar refractivity (Wildman–Crippen MR) is 96.1 cm³/mol. The highest BCUT2D eigenvalue weighted by atomic mass is 16.5. The third-order valence-electron chi connectivity index (χ3n) is 4.02. The maximum Gasteiger partial charge on any atom is 0.240 e. The van der Waals surface area contributed by atoms with Gasteiger partial charge in [0.2, 0.25) is 5.91 Å². The summed E-state index contributed by atoms with van der Waals surface area (Å²) in [4.78, 5) is 11.3. The topological polar surface area (TPSA) is 75.4 Å². The molecule has 1 aliphatic heterocycles. The van der Waals surface area contributed by atoms with Gasteiger partial charge in [-0.15, -0.1) is 0 Å². The molecule has 0 bridgehead atoms. The van der Waals surface area contributed by atoms with Crippen molar-refractivity contribution < 1.29 is 9.53 Å². The molecule has 3 rings (SSSR count). The zero-order chi connectivity index (χ0) is 17.6. The van der Waals surface area contributed by atoms with E-state index in [1.807, 2.05) is 55.5 Å². The van der Waals surface area contributed by atoms with Crippen molar-refractivity contribution in [1.29, 1.82) is 0 Å². The first-order chi connectivity index (χ1) is 12.2. The van der Waals surface area contributed by atoms with E-state index in [4.69, 9.17) is 4.74 Å². The van der Waals surface area contributed by atoms with Crippen molar-refractivity contribution in [3.05, 3.63) is 59.7 Å². The third kappa shape index (κ3) is 4.29. The highest BCUT2D eigenvalue weighted by Crippen LogP contribution is 2.20. The summed E-state index contributed by atoms with van der Waals surface area (Å²) in [5.74, 6) is 0.892. The predicted octanol–water partition coefficient (Wildman–Crippen LogP) is 3.84. The Morgan fingerprint density at radius 1 is 1.16 bits per heavy atom. The van der Waals surface area contributed by atoms with E-state index in [2.05, 4.69) is 20.8 Å². The monoisotopic (exact) mass is 336 g/mol. The van der Waals surface area contributed by atoms with Crippen molar-refractivity contribution >= 4 is 17.3 Å². The van der Waals surface area contributed by atoms with Crippen molar-refractivity contribution in [2.45, 2.75) is 19.9 Å². The highest BCUT2D eigenvalue weighted by molar-refractivity contribution is 6.05. The van der Waals surface area contributed by atoms with E-state index in [1.165, 1.54) is 0 Å². The number of nitrogens with zero attached hydrogens (tertiary/aromatic N) is 3. The van der Waals surface area contributed by atoms with Crippen LogP contribution in [0.2, 0.25) is 0 Å². The second-order valence-corrected chi connectivity index (χ2v) is 5.93. The average Bonchev–Trinajstić information content (AvgIpc) is 2.63. The molecule has 1 amide bonds. The molecule has 1 N–H and O–H groups in total. The number of azo groups is 1. The van der Waals surface area contributed by atoms with Crippen LogP contribution in [0, 0.1) is 5.92 Å². The van der Waals surface area contributed by atoms with Gasteiger partial charge >= 0.3 is 0 Å². The SMILES string of the molecule is COc1ccc(CN=Nc2ccc(C3=NNC(=O)CC3C)cc2)cc1. The Kier molecular flexibility index (Phi) is 5.18. The van der Waals surface area contributed by atoms with Crippen molar-refractivity contribution in [3.63, 3.8) is 0 Å². The van der Waals surface area contributed by atoms with E-state index in [9.17, 15) is 4.79 Å². The van der Waals surface area contributed by atoms with Crippen molar-refractivity contribution in [2.75, 3.05) is 7.11 Å². The van der Waals surface area contributed by atoms with Crippen LogP contribution in [0.5, 0.6) is 5.75 Å². The minimum atomic E-state index is -0.0415. The zero-order valence-electron chi connectivity index (χ0n) is 14.3. The van der Waals surface area contributed by atoms with Gasteiger partial charge in [-0.2, -0.15) is 15.3 Å². The molecule has 0 aromatic heterocycles. The molecule has 1 unspecified atom stereocenters. The van der Waals surface area contributed by atoms with Crippen LogP contribution in [0.3, 0.4) is 0 Å². The molecule has 1 atom stereocenters. The molecule has 128 valence electrons. The third-order valence-corrected chi connectivity index (χ3v) is 4.02. The average molecular weight is 336 g/mol. The summed E-state index contributed by atoms with van der Waals surface area (Å²) < 4.78 is 5.13. The van der Waals surface area contributed by atoms with E-state index < -0.39 is 0 Å². The molecule has 6 heteroatoms. The number of hydrogen-bond acceptors (Lipinski definition) is 5. The zero-order valence-corrected chi connectivity index (χ0v) is 14.3. The van der Waals surface area contributed by atoms with Gasteiger partial charge in [-0.05, 0) is 35.4 Å². The molecule has 0 fully saturated rings. The van der Waals surface area contributed by atoms with E-state index in [0.717, 1.165) is 28.3 Å². The number of hydrogen-bond donors (Lipinski definition) is 1. The van der Waals surface area contributed by atoms with Crippen LogP contribution in [0.15, 0.2) is 63.9 Å². The lowest BCUT2D eigenvalue weighted by Crippen LogP contribution is -2.31. The maximum absolute atomic E-state index is 11.3. The van der Waals surface area contributed by atoms with Gasteiger partial charge in [-0.3, -0.25) is 4.79 Å². The summed E-state index contributed by atoms with van der Waals surface area (Å²) in [6.45, 7) is 2.52. The lowest BCUT2D eigenvalue weighted by molar-refractivity contribution is -0.121. The first kappa shape index (κ1) is 16.8. The molecule has 2 aromatic rings. The second-order valence-electron chi connectivity index (χ2n) is 5.93. The van der Waals surface area contributed by atoms with Crippen LogP contribution >= 0.6 is 0 Å². The van der Waals surface area contributed by atoms with E-state index in [1.54, 1.807) is 7.11 Å². The number of carbonyl (C=O) groups excluding carboxylic acids is 1. The van der Waals surface area contributed by atoms with E-state index in [0.29, 0.717) is 13.0 Å². The lowest BCUT2D eigenvalue weighted by atomic mass is 9.94. The smallest absolute Gasteiger partial charge is 0.240 e. The number of amides is 1. The van der Waals surface area contributed by atoms with Crippen molar-refractivity contribution in [3.8, 4) is 5.75 Å². The fourth-order valence-corrected chi connectivity index (χ4v) is 2.63. The minimum absolute atomic E-state index is 0.0415. The quantitative estimate of drug-likeness (QED) is 0.842. The van der Waals surface area contributed by atoms with E-state index in [-0.39, 0.29) is 11.8 Å². The van der Waals surface area contributed by atoms with Crippen molar-refractivity contribution in [2.24, 2.45) is 21.2 Å². The molecule has 6 nitrogen and oxygen atoms in total. The summed E-state index contributed by atoms with van der Waals surface area (Å²) in [6, 6.07) is 15.5. The van der Waals surface area contributed by atoms with Gasteiger partial charge in [0.1, 0.15) is 5.75 Å². The fourth-order valence-electron chi connectivity index (χ4n) is 2.63. The van der Waals surface area contributed by atoms with Crippen LogP contribution in [-0.4, -0.2) is 18.7 Å². The summed E-state index contributed by atoms with van der Waals surface area (Å²) in [7, 11) is 1.64. The molecular formula is C19H20N4O2. The number of benzene rings is 2. The van der Waals surface area contributed by atoms with Gasteiger partial charge in [0.15, 0.2) is 0 Å². The summed E-state index contributed by atoms with van der Waals surface area (Å²) in [6.07, 6.45) is 0.460. The molecule has 25 heavy (non-hydrogen) atoms. The molecular weight excluding hydrogens is 316 g/mol. The first-order valence-electron chi connectivity index (χ1n) is 8.13. The highest BCUT2D eigenvalue weighted by Gasteiger charge is 2.21. The molecule has 0 saturated heterocycles.